The molecule has 0 bridgehead atoms. The van der Waals surface area contributed by atoms with Crippen LogP contribution in [0.5, 0.6) is 0 Å². The molecule has 104 valence electrons. The molecule has 0 aliphatic heterocycles. The molecule has 0 radical (unpaired) electrons. The van der Waals surface area contributed by atoms with Gasteiger partial charge in [-0.3, -0.25) is 0 Å². The minimum atomic E-state index is 0.120. The molecule has 0 aliphatic rings. The zero-order valence-electron chi connectivity index (χ0n) is 12.3. The van der Waals surface area contributed by atoms with Crippen molar-refractivity contribution in [2.45, 2.75) is 38.6 Å². The lowest BCUT2D eigenvalue weighted by atomic mass is 9.93. The Labute approximate surface area is 118 Å². The highest BCUT2D eigenvalue weighted by Crippen LogP contribution is 2.26. The molecule has 0 fully saturated rings. The Bertz CT molecular complexity index is 536. The van der Waals surface area contributed by atoms with Crippen LogP contribution in [0.15, 0.2) is 17.9 Å². The summed E-state index contributed by atoms with van der Waals surface area (Å²) in [6, 6.07) is 0.222. The minimum Gasteiger partial charge on any atom is -0.340 e. The number of thiazole rings is 1. The van der Waals surface area contributed by atoms with Gasteiger partial charge in [-0.2, -0.15) is 0 Å². The Kier molecular flexibility index (Phi) is 4.06. The normalized spacial score (nSPS) is 13.7. The number of hydrogen-bond acceptors (Lipinski definition) is 4. The topological polar surface area (TPSA) is 42.7 Å². The molecule has 1 atom stereocenters. The van der Waals surface area contributed by atoms with Gasteiger partial charge < -0.3 is 9.88 Å². The smallest absolute Gasteiger partial charge is 0.0948 e. The van der Waals surface area contributed by atoms with Crippen LogP contribution in [-0.2, 0) is 18.9 Å². The second-order valence-corrected chi connectivity index (χ2v) is 6.83. The first kappa shape index (κ1) is 14.2. The van der Waals surface area contributed by atoms with Crippen molar-refractivity contribution < 1.29 is 0 Å². The molecule has 0 aliphatic carbocycles. The van der Waals surface area contributed by atoms with Gasteiger partial charge in [-0.1, -0.05) is 20.8 Å². The molecule has 0 amide bonds. The van der Waals surface area contributed by atoms with Crippen molar-refractivity contribution in [1.82, 2.24) is 19.9 Å². The van der Waals surface area contributed by atoms with E-state index < -0.39 is 0 Å². The molecule has 2 aromatic rings. The maximum Gasteiger partial charge on any atom is 0.0948 e. The molecule has 0 saturated heterocycles. The summed E-state index contributed by atoms with van der Waals surface area (Å²) in [4.78, 5) is 9.16. The number of aryl methyl sites for hydroxylation is 1. The van der Waals surface area contributed by atoms with Crippen LogP contribution in [0.1, 0.15) is 43.2 Å². The second kappa shape index (κ2) is 5.43. The summed E-state index contributed by atoms with van der Waals surface area (Å²) < 4.78 is 1.97. The third-order valence-electron chi connectivity index (χ3n) is 3.13. The summed E-state index contributed by atoms with van der Waals surface area (Å²) in [6.07, 6.45) is 4.77. The summed E-state index contributed by atoms with van der Waals surface area (Å²) >= 11 is 1.74. The Balaban J connectivity index is 2.13. The lowest BCUT2D eigenvalue weighted by Gasteiger charge is -2.15. The van der Waals surface area contributed by atoms with E-state index in [1.54, 1.807) is 11.3 Å². The Hall–Kier alpha value is -1.20. The van der Waals surface area contributed by atoms with Crippen LogP contribution in [-0.4, -0.2) is 21.6 Å². The van der Waals surface area contributed by atoms with Crippen molar-refractivity contribution in [3.8, 4) is 0 Å². The first-order valence-corrected chi connectivity index (χ1v) is 7.38. The predicted octanol–water partition coefficient (Wildman–Crippen LogP) is 2.68. The fraction of sp³-hybridized carbons (Fsp3) is 0.571. The van der Waals surface area contributed by atoms with E-state index in [0.29, 0.717) is 0 Å². The Morgan fingerprint density at radius 3 is 2.63 bits per heavy atom. The van der Waals surface area contributed by atoms with Crippen molar-refractivity contribution in [3.63, 3.8) is 0 Å². The molecule has 2 aromatic heterocycles. The van der Waals surface area contributed by atoms with E-state index in [1.807, 2.05) is 25.0 Å². The molecule has 5 heteroatoms. The average Bonchev–Trinajstić information content (AvgIpc) is 2.94. The first-order valence-electron chi connectivity index (χ1n) is 6.50. The predicted molar refractivity (Wildman–Crippen MR) is 79.5 cm³/mol. The molecule has 2 rings (SSSR count). The minimum absolute atomic E-state index is 0.120. The summed E-state index contributed by atoms with van der Waals surface area (Å²) in [5.41, 5.74) is 2.36. The van der Waals surface area contributed by atoms with E-state index in [-0.39, 0.29) is 11.5 Å². The molecule has 0 spiro atoms. The van der Waals surface area contributed by atoms with E-state index in [2.05, 4.69) is 42.6 Å². The standard InChI is InChI=1S/C14H22N4S/c1-14(2,3)12-8-19-13(17-12)6-10(15-4)11-7-18(5)9-16-11/h7-10,15H,6H2,1-5H3. The Morgan fingerprint density at radius 1 is 1.42 bits per heavy atom. The van der Waals surface area contributed by atoms with Gasteiger partial charge in [0.15, 0.2) is 0 Å². The largest absolute Gasteiger partial charge is 0.340 e. The van der Waals surface area contributed by atoms with Crippen LogP contribution in [0.2, 0.25) is 0 Å². The lowest BCUT2D eigenvalue weighted by molar-refractivity contribution is 0.555. The van der Waals surface area contributed by atoms with Crippen molar-refractivity contribution in [3.05, 3.63) is 34.3 Å². The molecule has 4 nitrogen and oxygen atoms in total. The van der Waals surface area contributed by atoms with Gasteiger partial charge in [0.1, 0.15) is 0 Å². The number of aromatic nitrogens is 3. The van der Waals surface area contributed by atoms with E-state index in [4.69, 9.17) is 4.98 Å². The summed E-state index contributed by atoms with van der Waals surface area (Å²) in [7, 11) is 3.96. The molecule has 0 aromatic carbocycles. The van der Waals surface area contributed by atoms with Gasteiger partial charge in [-0.05, 0) is 7.05 Å². The van der Waals surface area contributed by atoms with Gasteiger partial charge in [-0.25, -0.2) is 9.97 Å². The van der Waals surface area contributed by atoms with E-state index >= 15 is 0 Å². The van der Waals surface area contributed by atoms with Gasteiger partial charge >= 0.3 is 0 Å². The van der Waals surface area contributed by atoms with E-state index in [9.17, 15) is 0 Å². The van der Waals surface area contributed by atoms with Crippen LogP contribution < -0.4 is 5.32 Å². The van der Waals surface area contributed by atoms with Crippen LogP contribution in [0.3, 0.4) is 0 Å². The second-order valence-electron chi connectivity index (χ2n) is 5.89. The van der Waals surface area contributed by atoms with Crippen molar-refractivity contribution in [1.29, 1.82) is 0 Å². The van der Waals surface area contributed by atoms with Crippen LogP contribution in [0.25, 0.3) is 0 Å². The molecule has 2 heterocycles. The number of nitrogens with zero attached hydrogens (tertiary/aromatic N) is 3. The van der Waals surface area contributed by atoms with E-state index in [0.717, 1.165) is 17.1 Å². The highest BCUT2D eigenvalue weighted by atomic mass is 32.1. The van der Waals surface area contributed by atoms with Gasteiger partial charge in [0.05, 0.1) is 28.8 Å². The molecular weight excluding hydrogens is 256 g/mol. The van der Waals surface area contributed by atoms with Gasteiger partial charge in [-0.15, -0.1) is 11.3 Å². The summed E-state index contributed by atoms with van der Waals surface area (Å²) in [5, 5.41) is 6.65. The highest BCUT2D eigenvalue weighted by Gasteiger charge is 2.20. The van der Waals surface area contributed by atoms with Crippen molar-refractivity contribution >= 4 is 11.3 Å². The number of hydrogen-bond donors (Lipinski definition) is 1. The monoisotopic (exact) mass is 278 g/mol. The van der Waals surface area contributed by atoms with Crippen molar-refractivity contribution in [2.24, 2.45) is 7.05 Å². The molecular formula is C14H22N4S. The lowest BCUT2D eigenvalue weighted by Crippen LogP contribution is -2.19. The van der Waals surface area contributed by atoms with Gasteiger partial charge in [0.25, 0.3) is 0 Å². The maximum absolute atomic E-state index is 4.75. The fourth-order valence-corrected chi connectivity index (χ4v) is 2.96. The number of nitrogens with one attached hydrogen (secondary N) is 1. The first-order chi connectivity index (χ1) is 8.90. The average molecular weight is 278 g/mol. The van der Waals surface area contributed by atoms with Crippen LogP contribution >= 0.6 is 11.3 Å². The quantitative estimate of drug-likeness (QED) is 0.935. The maximum atomic E-state index is 4.75. The van der Waals surface area contributed by atoms with Gasteiger partial charge in [0.2, 0.25) is 0 Å². The van der Waals surface area contributed by atoms with Gasteiger partial charge in [0, 0.05) is 30.5 Å². The molecule has 0 saturated carbocycles. The number of rotatable bonds is 4. The molecule has 19 heavy (non-hydrogen) atoms. The third kappa shape index (κ3) is 3.42. The molecule has 1 unspecified atom stereocenters. The summed E-state index contributed by atoms with van der Waals surface area (Å²) in [6.45, 7) is 6.58. The van der Waals surface area contributed by atoms with Crippen LogP contribution in [0.4, 0.5) is 0 Å². The fourth-order valence-electron chi connectivity index (χ4n) is 1.89. The molecule has 1 N–H and O–H groups in total. The SMILES string of the molecule is CNC(Cc1nc(C(C)(C)C)cs1)c1cn(C)cn1. The number of likely N-dealkylation sites (N-methyl/N-ethyl adjacent to an activating group) is 1. The van der Waals surface area contributed by atoms with Crippen molar-refractivity contribution in [2.75, 3.05) is 7.05 Å². The van der Waals surface area contributed by atoms with Crippen LogP contribution in [0, 0.1) is 0 Å². The Morgan fingerprint density at radius 2 is 2.16 bits per heavy atom. The zero-order chi connectivity index (χ0) is 14.0. The summed E-state index contributed by atoms with van der Waals surface area (Å²) in [5.74, 6) is 0. The third-order valence-corrected chi connectivity index (χ3v) is 4.00. The van der Waals surface area contributed by atoms with E-state index in [1.165, 1.54) is 5.69 Å². The zero-order valence-corrected chi connectivity index (χ0v) is 13.1. The number of imidazole rings is 1. The highest BCUT2D eigenvalue weighted by molar-refractivity contribution is 7.09.